The van der Waals surface area contributed by atoms with E-state index in [0.29, 0.717) is 11.8 Å². The minimum Gasteiger partial charge on any atom is -0.274 e. The van der Waals surface area contributed by atoms with E-state index in [1.165, 1.54) is 0 Å². The van der Waals surface area contributed by atoms with Crippen LogP contribution in [0.5, 0.6) is 0 Å². The van der Waals surface area contributed by atoms with Gasteiger partial charge in [0.05, 0.1) is 6.54 Å². The fourth-order valence-corrected chi connectivity index (χ4v) is 0.988. The Bertz CT molecular complexity index is 122. The van der Waals surface area contributed by atoms with Gasteiger partial charge in [-0.25, -0.2) is 0 Å². The summed E-state index contributed by atoms with van der Waals surface area (Å²) in [5.41, 5.74) is 2.20. The summed E-state index contributed by atoms with van der Waals surface area (Å²) in [6.45, 7) is -0.172. The first-order valence-electron chi connectivity index (χ1n) is 2.24. The van der Waals surface area contributed by atoms with Crippen LogP contribution < -0.4 is 0 Å². The Labute approximate surface area is 54.3 Å². The number of hydrogen-bond acceptors (Lipinski definition) is 2. The zero-order valence-electron chi connectivity index (χ0n) is 4.27. The molecule has 9 heavy (non-hydrogen) atoms. The number of halogens is 3. The van der Waals surface area contributed by atoms with Crippen LogP contribution in [-0.2, 0) is 0 Å². The molecular formula is C4H3F3NS. The zero-order chi connectivity index (χ0) is 6.91. The van der Waals surface area contributed by atoms with Crippen molar-refractivity contribution in [2.45, 2.75) is 11.4 Å². The van der Waals surface area contributed by atoms with Crippen molar-refractivity contribution >= 4 is 17.3 Å². The molecule has 1 aliphatic rings. The van der Waals surface area contributed by atoms with Crippen molar-refractivity contribution in [2.75, 3.05) is 6.54 Å². The minimum absolute atomic E-state index is 0.172. The fourth-order valence-electron chi connectivity index (χ4n) is 0.429. The van der Waals surface area contributed by atoms with Gasteiger partial charge in [0, 0.05) is 0 Å². The Balaban J connectivity index is 2.46. The van der Waals surface area contributed by atoms with Crippen molar-refractivity contribution in [2.24, 2.45) is 4.99 Å². The number of hydrogen-bond donors (Lipinski definition) is 0. The summed E-state index contributed by atoms with van der Waals surface area (Å²) in [4.78, 5) is 3.32. The molecule has 0 N–H and O–H groups in total. The van der Waals surface area contributed by atoms with E-state index < -0.39 is 11.4 Å². The highest BCUT2D eigenvalue weighted by Crippen LogP contribution is 2.31. The van der Waals surface area contributed by atoms with Crippen molar-refractivity contribution in [3.63, 3.8) is 0 Å². The van der Waals surface area contributed by atoms with Gasteiger partial charge in [0.2, 0.25) is 0 Å². The smallest absolute Gasteiger partial charge is 0.274 e. The second-order valence-electron chi connectivity index (χ2n) is 1.58. The van der Waals surface area contributed by atoms with Crippen LogP contribution in [0.4, 0.5) is 13.2 Å². The summed E-state index contributed by atoms with van der Waals surface area (Å²) >= 11 is 0.608. The first kappa shape index (κ1) is 6.92. The minimum atomic E-state index is -4.11. The Morgan fingerprint density at radius 3 is 2.44 bits per heavy atom. The Kier molecular flexibility index (Phi) is 1.70. The lowest BCUT2D eigenvalue weighted by Gasteiger charge is -2.10. The molecule has 0 aliphatic carbocycles. The second-order valence-corrected chi connectivity index (χ2v) is 2.57. The van der Waals surface area contributed by atoms with Crippen molar-refractivity contribution < 1.29 is 13.2 Å². The van der Waals surface area contributed by atoms with E-state index in [1.54, 1.807) is 0 Å². The van der Waals surface area contributed by atoms with Gasteiger partial charge in [0.25, 0.3) is 0 Å². The predicted octanol–water partition coefficient (Wildman–Crippen LogP) is 1.57. The van der Waals surface area contributed by atoms with Gasteiger partial charge in [0.1, 0.15) is 10.8 Å². The molecule has 1 nitrogen and oxygen atoms in total. The first-order valence-corrected chi connectivity index (χ1v) is 3.12. The fraction of sp³-hybridized carbons (Fsp3) is 0.750. The molecule has 1 radical (unpaired) electrons. The third-order valence-electron chi connectivity index (χ3n) is 0.882. The van der Waals surface area contributed by atoms with Gasteiger partial charge >= 0.3 is 6.18 Å². The van der Waals surface area contributed by atoms with Gasteiger partial charge < -0.3 is 0 Å². The zero-order valence-corrected chi connectivity index (χ0v) is 5.09. The molecule has 1 rings (SSSR count). The molecule has 0 saturated carbocycles. The average molecular weight is 154 g/mol. The monoisotopic (exact) mass is 154 g/mol. The summed E-state index contributed by atoms with van der Waals surface area (Å²) in [5, 5.41) is -1.35. The van der Waals surface area contributed by atoms with Gasteiger partial charge in [-0.3, -0.25) is 4.99 Å². The molecule has 1 heterocycles. The third kappa shape index (κ3) is 1.61. The number of nitrogens with zero attached hydrogens (tertiary/aromatic N) is 1. The maximum absolute atomic E-state index is 11.6. The molecular weight excluding hydrogens is 151 g/mol. The molecule has 0 aromatic rings. The molecule has 0 aromatic heterocycles. The number of aliphatic imine (C=N–C) groups is 1. The van der Waals surface area contributed by atoms with E-state index in [0.717, 1.165) is 0 Å². The van der Waals surface area contributed by atoms with Crippen molar-refractivity contribution in [3.05, 3.63) is 0 Å². The van der Waals surface area contributed by atoms with Gasteiger partial charge in [-0.1, -0.05) is 11.8 Å². The molecule has 5 heteroatoms. The normalized spacial score (nSPS) is 27.2. The molecule has 0 aromatic carbocycles. The molecule has 0 bridgehead atoms. The number of thioether (sulfide) groups is 1. The molecule has 0 amide bonds. The molecule has 0 spiro atoms. The maximum atomic E-state index is 11.6. The van der Waals surface area contributed by atoms with E-state index >= 15 is 0 Å². The van der Waals surface area contributed by atoms with Gasteiger partial charge in [-0.2, -0.15) is 13.2 Å². The molecule has 51 valence electrons. The molecule has 1 atom stereocenters. The highest BCUT2D eigenvalue weighted by Gasteiger charge is 2.41. The Hall–Kier alpha value is -0.190. The number of alkyl halides is 3. The van der Waals surface area contributed by atoms with E-state index in [9.17, 15) is 13.2 Å². The van der Waals surface area contributed by atoms with E-state index in [2.05, 4.69) is 10.5 Å². The van der Waals surface area contributed by atoms with Crippen LogP contribution in [0.3, 0.4) is 0 Å². The predicted molar refractivity (Wildman–Crippen MR) is 29.7 cm³/mol. The SMILES string of the molecule is FC(F)(F)C1CN=[C]S1. The molecule has 1 unspecified atom stereocenters. The maximum Gasteiger partial charge on any atom is 0.402 e. The summed E-state index contributed by atoms with van der Waals surface area (Å²) in [5.74, 6) is 0. The van der Waals surface area contributed by atoms with Gasteiger partial charge in [0.15, 0.2) is 0 Å². The van der Waals surface area contributed by atoms with E-state index in [-0.39, 0.29) is 6.54 Å². The lowest BCUT2D eigenvalue weighted by atomic mass is 10.4. The average Bonchev–Trinajstić information content (AvgIpc) is 2.08. The van der Waals surface area contributed by atoms with Crippen LogP contribution in [0.25, 0.3) is 0 Å². The van der Waals surface area contributed by atoms with Crippen LogP contribution in [0.1, 0.15) is 0 Å². The second kappa shape index (κ2) is 2.21. The highest BCUT2D eigenvalue weighted by molar-refractivity contribution is 8.13. The van der Waals surface area contributed by atoms with Crippen LogP contribution in [0, 0.1) is 0 Å². The molecule has 1 aliphatic heterocycles. The number of rotatable bonds is 0. The Morgan fingerprint density at radius 1 is 1.56 bits per heavy atom. The topological polar surface area (TPSA) is 12.4 Å². The summed E-state index contributed by atoms with van der Waals surface area (Å²) in [7, 11) is 0. The van der Waals surface area contributed by atoms with Crippen molar-refractivity contribution in [3.8, 4) is 0 Å². The summed E-state index contributed by atoms with van der Waals surface area (Å²) in [6.07, 6.45) is -4.11. The van der Waals surface area contributed by atoms with Crippen LogP contribution in [-0.4, -0.2) is 23.5 Å². The summed E-state index contributed by atoms with van der Waals surface area (Å²) < 4.78 is 34.9. The largest absolute Gasteiger partial charge is 0.402 e. The van der Waals surface area contributed by atoms with Crippen LogP contribution in [0.2, 0.25) is 0 Å². The highest BCUT2D eigenvalue weighted by atomic mass is 32.2. The van der Waals surface area contributed by atoms with Gasteiger partial charge in [-0.15, -0.1) is 0 Å². The molecule has 0 fully saturated rings. The van der Waals surface area contributed by atoms with Crippen LogP contribution in [0.15, 0.2) is 4.99 Å². The standard InChI is InChI=1S/C4H3F3NS/c5-4(6,7)3-1-8-2-9-3/h3H,1H2. The summed E-state index contributed by atoms with van der Waals surface area (Å²) in [6, 6.07) is 0. The third-order valence-corrected chi connectivity index (χ3v) is 1.82. The Morgan fingerprint density at radius 2 is 2.22 bits per heavy atom. The van der Waals surface area contributed by atoms with Crippen LogP contribution >= 0.6 is 11.8 Å². The van der Waals surface area contributed by atoms with E-state index in [1.807, 2.05) is 0 Å². The van der Waals surface area contributed by atoms with E-state index in [4.69, 9.17) is 0 Å². The van der Waals surface area contributed by atoms with Crippen molar-refractivity contribution in [1.29, 1.82) is 0 Å². The quantitative estimate of drug-likeness (QED) is 0.516. The lowest BCUT2D eigenvalue weighted by molar-refractivity contribution is -0.126. The van der Waals surface area contributed by atoms with Crippen molar-refractivity contribution in [1.82, 2.24) is 0 Å². The first-order chi connectivity index (χ1) is 4.11. The van der Waals surface area contributed by atoms with Gasteiger partial charge in [-0.05, 0) is 0 Å². The molecule has 0 saturated heterocycles. The lowest BCUT2D eigenvalue weighted by Crippen LogP contribution is -2.25.